The second-order valence-electron chi connectivity index (χ2n) is 8.70. The van der Waals surface area contributed by atoms with E-state index in [1.807, 2.05) is 25.1 Å². The van der Waals surface area contributed by atoms with Crippen molar-refractivity contribution in [1.29, 1.82) is 5.26 Å². The van der Waals surface area contributed by atoms with Crippen LogP contribution in [0.1, 0.15) is 49.2 Å². The number of anilines is 1. The summed E-state index contributed by atoms with van der Waals surface area (Å²) in [5.41, 5.74) is 3.27. The van der Waals surface area contributed by atoms with Crippen molar-refractivity contribution in [3.63, 3.8) is 0 Å². The molecule has 4 N–H and O–H groups in total. The van der Waals surface area contributed by atoms with Gasteiger partial charge in [0.05, 0.1) is 16.1 Å². The zero-order chi connectivity index (χ0) is 25.1. The van der Waals surface area contributed by atoms with Gasteiger partial charge in [-0.2, -0.15) is 5.26 Å². The quantitative estimate of drug-likeness (QED) is 0.492. The van der Waals surface area contributed by atoms with Gasteiger partial charge in [-0.25, -0.2) is 28.3 Å². The van der Waals surface area contributed by atoms with E-state index >= 15 is 0 Å². The Kier molecular flexibility index (Phi) is 6.82. The van der Waals surface area contributed by atoms with Gasteiger partial charge >= 0.3 is 6.03 Å². The summed E-state index contributed by atoms with van der Waals surface area (Å²) < 4.78 is 23.0. The van der Waals surface area contributed by atoms with E-state index < -0.39 is 15.6 Å². The second-order valence-corrected chi connectivity index (χ2v) is 10.3. The molecule has 0 bridgehead atoms. The highest BCUT2D eigenvalue weighted by Crippen LogP contribution is 2.36. The lowest BCUT2D eigenvalue weighted by molar-refractivity contribution is 0.209. The van der Waals surface area contributed by atoms with Crippen LogP contribution in [0.15, 0.2) is 59.6 Å². The van der Waals surface area contributed by atoms with Crippen molar-refractivity contribution in [3.8, 4) is 17.2 Å². The topological polar surface area (TPSA) is 151 Å². The molecule has 180 valence electrons. The first-order valence-electron chi connectivity index (χ1n) is 11.3. The number of carbonyl (C=O) groups excluding carboxylic acids is 1. The van der Waals surface area contributed by atoms with Crippen molar-refractivity contribution < 1.29 is 13.2 Å². The molecule has 4 rings (SSSR count). The Balaban J connectivity index is 1.52. The molecule has 1 aliphatic carbocycles. The van der Waals surface area contributed by atoms with Gasteiger partial charge in [0, 0.05) is 11.9 Å². The fraction of sp³-hybridized carbons (Fsp3) is 0.280. The number of aromatic nitrogens is 2. The number of benzene rings is 2. The number of hydrogen-bond donors (Lipinski definition) is 3. The third kappa shape index (κ3) is 5.48. The minimum atomic E-state index is -3.75. The number of hydrogen-bond acceptors (Lipinski definition) is 6. The van der Waals surface area contributed by atoms with Gasteiger partial charge in [0.15, 0.2) is 0 Å². The summed E-state index contributed by atoms with van der Waals surface area (Å²) in [5, 5.41) is 20.4. The van der Waals surface area contributed by atoms with Crippen LogP contribution in [0.25, 0.3) is 11.1 Å². The minimum absolute atomic E-state index is 0.0519. The van der Waals surface area contributed by atoms with Gasteiger partial charge in [-0.05, 0) is 66.8 Å². The van der Waals surface area contributed by atoms with Crippen molar-refractivity contribution >= 4 is 21.7 Å². The summed E-state index contributed by atoms with van der Waals surface area (Å²) in [7, 11) is -3.75. The van der Waals surface area contributed by atoms with E-state index in [1.54, 1.807) is 30.5 Å². The summed E-state index contributed by atoms with van der Waals surface area (Å²) in [5.74, 6) is 0.0814. The van der Waals surface area contributed by atoms with Crippen LogP contribution in [0.3, 0.4) is 0 Å². The fourth-order valence-corrected chi connectivity index (χ4v) is 5.06. The Bertz CT molecular complexity index is 1390. The van der Waals surface area contributed by atoms with Gasteiger partial charge in [-0.15, -0.1) is 0 Å². The van der Waals surface area contributed by atoms with Gasteiger partial charge < -0.3 is 10.6 Å². The van der Waals surface area contributed by atoms with Crippen molar-refractivity contribution in [2.75, 3.05) is 5.32 Å². The molecule has 3 aromatic rings. The number of nitrogens with two attached hydrogens (primary N) is 1. The van der Waals surface area contributed by atoms with Crippen LogP contribution in [0.5, 0.6) is 0 Å². The molecule has 0 saturated heterocycles. The number of carbonyl (C=O) groups is 1. The summed E-state index contributed by atoms with van der Waals surface area (Å²) >= 11 is 0. The van der Waals surface area contributed by atoms with Crippen LogP contribution in [-0.4, -0.2) is 24.4 Å². The molecule has 0 aliphatic heterocycles. The molecule has 9 nitrogen and oxygen atoms in total. The molecular weight excluding hydrogens is 464 g/mol. The van der Waals surface area contributed by atoms with E-state index in [9.17, 15) is 18.5 Å². The Morgan fingerprint density at radius 3 is 2.43 bits per heavy atom. The molecule has 35 heavy (non-hydrogen) atoms. The smallest absolute Gasteiger partial charge is 0.319 e. The largest absolute Gasteiger partial charge is 0.327 e. The summed E-state index contributed by atoms with van der Waals surface area (Å²) in [6, 6.07) is 15.2. The maximum Gasteiger partial charge on any atom is 0.319 e. The molecule has 1 aliphatic rings. The highest BCUT2D eigenvalue weighted by atomic mass is 32.2. The van der Waals surface area contributed by atoms with Crippen molar-refractivity contribution in [2.24, 2.45) is 5.14 Å². The highest BCUT2D eigenvalue weighted by Gasteiger charge is 2.37. The summed E-state index contributed by atoms with van der Waals surface area (Å²) in [6.07, 6.45) is 5.99. The van der Waals surface area contributed by atoms with E-state index in [0.29, 0.717) is 11.4 Å². The SMILES string of the molecule is Cc1cc(NC(=O)NC2(c3ccnc(C#N)n3)CCCCC2)ccc1-c1ccc(S(N)(=O)=O)cc1. The standard InChI is InChI=1S/C25H26N6O3S/c1-17-15-19(7-10-21(17)18-5-8-20(9-6-18)35(27,33)34)29-24(32)31-25(12-3-2-4-13-25)22-11-14-28-23(16-26)30-22/h5-11,14-15H,2-4,12-13H2,1H3,(H2,27,33,34)(H2,29,31,32). The summed E-state index contributed by atoms with van der Waals surface area (Å²) in [6.45, 7) is 1.92. The molecule has 10 heteroatoms. The van der Waals surface area contributed by atoms with Crippen LogP contribution in [0.4, 0.5) is 10.5 Å². The third-order valence-corrected chi connectivity index (χ3v) is 7.21. The second kappa shape index (κ2) is 9.82. The molecule has 1 saturated carbocycles. The number of nitrogens with zero attached hydrogens (tertiary/aromatic N) is 3. The average molecular weight is 491 g/mol. The van der Waals surface area contributed by atoms with Gasteiger partial charge in [0.1, 0.15) is 6.07 Å². The molecule has 2 aromatic carbocycles. The van der Waals surface area contributed by atoms with Crippen LogP contribution in [0.2, 0.25) is 0 Å². The predicted molar refractivity (Wildman–Crippen MR) is 132 cm³/mol. The van der Waals surface area contributed by atoms with Crippen LogP contribution < -0.4 is 15.8 Å². The van der Waals surface area contributed by atoms with Crippen molar-refractivity contribution in [3.05, 3.63) is 71.8 Å². The van der Waals surface area contributed by atoms with E-state index in [0.717, 1.165) is 48.8 Å². The highest BCUT2D eigenvalue weighted by molar-refractivity contribution is 7.89. The van der Waals surface area contributed by atoms with E-state index in [1.165, 1.54) is 12.1 Å². The first-order chi connectivity index (χ1) is 16.7. The molecular formula is C25H26N6O3S. The van der Waals surface area contributed by atoms with Gasteiger partial charge in [0.25, 0.3) is 0 Å². The number of nitriles is 1. The lowest BCUT2D eigenvalue weighted by Crippen LogP contribution is -2.49. The van der Waals surface area contributed by atoms with Crippen LogP contribution in [0, 0.1) is 18.3 Å². The predicted octanol–water partition coefficient (Wildman–Crippen LogP) is 3.95. The Morgan fingerprint density at radius 2 is 1.80 bits per heavy atom. The molecule has 2 amide bonds. The number of rotatable bonds is 5. The lowest BCUT2D eigenvalue weighted by atomic mass is 9.79. The van der Waals surface area contributed by atoms with Crippen molar-refractivity contribution in [1.82, 2.24) is 15.3 Å². The summed E-state index contributed by atoms with van der Waals surface area (Å²) in [4.78, 5) is 21.4. The molecule has 1 heterocycles. The monoisotopic (exact) mass is 490 g/mol. The normalized spacial score (nSPS) is 15.1. The number of nitrogens with one attached hydrogen (secondary N) is 2. The molecule has 1 aromatic heterocycles. The lowest BCUT2D eigenvalue weighted by Gasteiger charge is -2.37. The fourth-order valence-electron chi connectivity index (χ4n) is 4.55. The molecule has 0 atom stereocenters. The number of aryl methyl sites for hydroxylation is 1. The minimum Gasteiger partial charge on any atom is -0.327 e. The van der Waals surface area contributed by atoms with Gasteiger partial charge in [0.2, 0.25) is 15.8 Å². The zero-order valence-electron chi connectivity index (χ0n) is 19.3. The zero-order valence-corrected chi connectivity index (χ0v) is 20.1. The Labute approximate surface area is 204 Å². The first kappa shape index (κ1) is 24.3. The Hall–Kier alpha value is -3.81. The Morgan fingerprint density at radius 1 is 1.09 bits per heavy atom. The van der Waals surface area contributed by atoms with E-state index in [4.69, 9.17) is 5.14 Å². The van der Waals surface area contributed by atoms with Gasteiger partial charge in [-0.3, -0.25) is 0 Å². The molecule has 0 radical (unpaired) electrons. The maximum absolute atomic E-state index is 13.0. The first-order valence-corrected chi connectivity index (χ1v) is 12.8. The number of urea groups is 1. The average Bonchev–Trinajstić information content (AvgIpc) is 2.84. The maximum atomic E-state index is 13.0. The molecule has 1 fully saturated rings. The third-order valence-electron chi connectivity index (χ3n) is 6.28. The van der Waals surface area contributed by atoms with Gasteiger partial charge in [-0.1, -0.05) is 37.5 Å². The van der Waals surface area contributed by atoms with Crippen LogP contribution >= 0.6 is 0 Å². The number of amides is 2. The van der Waals surface area contributed by atoms with E-state index in [-0.39, 0.29) is 16.8 Å². The number of primary sulfonamides is 1. The van der Waals surface area contributed by atoms with Crippen LogP contribution in [-0.2, 0) is 15.6 Å². The molecule has 0 spiro atoms. The van der Waals surface area contributed by atoms with E-state index in [2.05, 4.69) is 20.6 Å². The molecule has 0 unspecified atom stereocenters. The number of sulfonamides is 1. The van der Waals surface area contributed by atoms with Crippen molar-refractivity contribution in [2.45, 2.75) is 49.5 Å².